The van der Waals surface area contributed by atoms with Gasteiger partial charge in [0, 0.05) is 24.9 Å². The molecule has 3 heteroatoms. The summed E-state index contributed by atoms with van der Waals surface area (Å²) < 4.78 is 5.75. The van der Waals surface area contributed by atoms with Crippen LogP contribution in [0.5, 0.6) is 5.75 Å². The second-order valence-electron chi connectivity index (χ2n) is 5.59. The molecular weight excluding hydrogens is 260 g/mol. The first-order valence-corrected chi connectivity index (χ1v) is 7.56. The van der Waals surface area contributed by atoms with E-state index in [1.54, 1.807) is 0 Å². The summed E-state index contributed by atoms with van der Waals surface area (Å²) in [6.07, 6.45) is 2.65. The molecule has 0 aliphatic heterocycles. The highest BCUT2D eigenvalue weighted by Gasteiger charge is 1.98. The average molecular weight is 284 g/mol. The van der Waals surface area contributed by atoms with E-state index in [1.165, 1.54) is 5.56 Å². The molecule has 2 aromatic rings. The molecule has 0 saturated heterocycles. The fourth-order valence-corrected chi connectivity index (χ4v) is 2.03. The molecule has 0 unspecified atom stereocenters. The van der Waals surface area contributed by atoms with Gasteiger partial charge in [-0.3, -0.25) is 4.98 Å². The molecule has 0 saturated carbocycles. The zero-order chi connectivity index (χ0) is 14.9. The van der Waals surface area contributed by atoms with Gasteiger partial charge < -0.3 is 10.1 Å². The maximum absolute atomic E-state index is 5.75. The van der Waals surface area contributed by atoms with Crippen LogP contribution >= 0.6 is 0 Å². The maximum Gasteiger partial charge on any atom is 0.119 e. The molecule has 1 heterocycles. The third-order valence-electron chi connectivity index (χ3n) is 3.16. The Morgan fingerprint density at radius 2 is 1.90 bits per heavy atom. The van der Waals surface area contributed by atoms with Gasteiger partial charge in [-0.2, -0.15) is 0 Å². The number of ether oxygens (including phenoxy) is 1. The molecule has 1 aromatic heterocycles. The van der Waals surface area contributed by atoms with E-state index in [2.05, 4.69) is 36.3 Å². The minimum atomic E-state index is 0.655. The van der Waals surface area contributed by atoms with Crippen LogP contribution < -0.4 is 10.1 Å². The van der Waals surface area contributed by atoms with Crippen molar-refractivity contribution in [2.45, 2.75) is 26.8 Å². The number of benzene rings is 1. The van der Waals surface area contributed by atoms with Crippen LogP contribution in [0.2, 0.25) is 0 Å². The Bertz CT molecular complexity index is 509. The Morgan fingerprint density at radius 1 is 1.10 bits per heavy atom. The normalized spacial score (nSPS) is 10.8. The van der Waals surface area contributed by atoms with Crippen LogP contribution in [0, 0.1) is 5.92 Å². The van der Waals surface area contributed by atoms with Crippen LogP contribution in [0.25, 0.3) is 0 Å². The van der Waals surface area contributed by atoms with Gasteiger partial charge in [-0.25, -0.2) is 0 Å². The second-order valence-corrected chi connectivity index (χ2v) is 5.59. The Hall–Kier alpha value is -1.87. The highest BCUT2D eigenvalue weighted by molar-refractivity contribution is 5.27. The quantitative estimate of drug-likeness (QED) is 0.806. The van der Waals surface area contributed by atoms with E-state index in [4.69, 9.17) is 4.74 Å². The molecule has 0 atom stereocenters. The van der Waals surface area contributed by atoms with Crippen molar-refractivity contribution in [3.63, 3.8) is 0 Å². The van der Waals surface area contributed by atoms with Gasteiger partial charge in [0.25, 0.3) is 0 Å². The first-order chi connectivity index (χ1) is 10.2. The number of nitrogens with zero attached hydrogens (tertiary/aromatic N) is 1. The van der Waals surface area contributed by atoms with Gasteiger partial charge in [-0.05, 0) is 42.3 Å². The molecule has 0 radical (unpaired) electrons. The van der Waals surface area contributed by atoms with Gasteiger partial charge in [0.2, 0.25) is 0 Å². The summed E-state index contributed by atoms with van der Waals surface area (Å²) in [4.78, 5) is 4.28. The van der Waals surface area contributed by atoms with E-state index >= 15 is 0 Å². The Balaban J connectivity index is 1.72. The number of nitrogens with one attached hydrogen (secondary N) is 1. The third-order valence-corrected chi connectivity index (χ3v) is 3.16. The summed E-state index contributed by atoms with van der Waals surface area (Å²) in [5.41, 5.74) is 2.35. The Morgan fingerprint density at radius 3 is 2.57 bits per heavy atom. The number of hydrogen-bond donors (Lipinski definition) is 1. The lowest BCUT2D eigenvalue weighted by atomic mass is 10.2. The molecule has 3 nitrogen and oxygen atoms in total. The molecule has 21 heavy (non-hydrogen) atoms. The summed E-state index contributed by atoms with van der Waals surface area (Å²) in [5.74, 6) is 1.60. The van der Waals surface area contributed by atoms with Crippen molar-refractivity contribution in [3.8, 4) is 5.75 Å². The van der Waals surface area contributed by atoms with Gasteiger partial charge in [0.1, 0.15) is 5.75 Å². The Labute approximate surface area is 127 Å². The van der Waals surface area contributed by atoms with Crippen molar-refractivity contribution in [2.75, 3.05) is 13.2 Å². The Kier molecular flexibility index (Phi) is 6.22. The molecule has 0 aliphatic rings. The summed E-state index contributed by atoms with van der Waals surface area (Å²) in [7, 11) is 0. The monoisotopic (exact) mass is 284 g/mol. The molecule has 0 aliphatic carbocycles. The number of rotatable bonds is 8. The lowest BCUT2D eigenvalue weighted by Gasteiger charge is -2.09. The van der Waals surface area contributed by atoms with Crippen molar-refractivity contribution in [1.29, 1.82) is 0 Å². The SMILES string of the molecule is CC(C)CNCc1ccc(OCCc2ccccn2)cc1. The molecule has 1 N–H and O–H groups in total. The lowest BCUT2D eigenvalue weighted by Crippen LogP contribution is -2.18. The van der Waals surface area contributed by atoms with Gasteiger partial charge in [-0.1, -0.05) is 32.0 Å². The molecule has 0 amide bonds. The lowest BCUT2D eigenvalue weighted by molar-refractivity contribution is 0.320. The zero-order valence-corrected chi connectivity index (χ0v) is 12.9. The molecule has 1 aromatic carbocycles. The highest BCUT2D eigenvalue weighted by Crippen LogP contribution is 2.12. The van der Waals surface area contributed by atoms with Gasteiger partial charge in [-0.15, -0.1) is 0 Å². The highest BCUT2D eigenvalue weighted by atomic mass is 16.5. The molecular formula is C18H24N2O. The van der Waals surface area contributed by atoms with Gasteiger partial charge in [0.15, 0.2) is 0 Å². The number of pyridine rings is 1. The predicted molar refractivity (Wildman–Crippen MR) is 86.4 cm³/mol. The van der Waals surface area contributed by atoms with Gasteiger partial charge in [0.05, 0.1) is 6.61 Å². The van der Waals surface area contributed by atoms with Crippen LogP contribution in [-0.4, -0.2) is 18.1 Å². The molecule has 0 bridgehead atoms. The van der Waals surface area contributed by atoms with Crippen LogP contribution in [0.1, 0.15) is 25.1 Å². The van der Waals surface area contributed by atoms with Crippen LogP contribution in [0.3, 0.4) is 0 Å². The number of hydrogen-bond acceptors (Lipinski definition) is 3. The molecule has 112 valence electrons. The fourth-order valence-electron chi connectivity index (χ4n) is 2.03. The molecule has 0 spiro atoms. The average Bonchev–Trinajstić information content (AvgIpc) is 2.50. The maximum atomic E-state index is 5.75. The number of aromatic nitrogens is 1. The summed E-state index contributed by atoms with van der Waals surface area (Å²) in [6, 6.07) is 14.2. The largest absolute Gasteiger partial charge is 0.493 e. The van der Waals surface area contributed by atoms with Crippen molar-refractivity contribution >= 4 is 0 Å². The minimum absolute atomic E-state index is 0.655. The first-order valence-electron chi connectivity index (χ1n) is 7.56. The molecule has 2 rings (SSSR count). The van der Waals surface area contributed by atoms with Crippen molar-refractivity contribution in [2.24, 2.45) is 5.92 Å². The minimum Gasteiger partial charge on any atom is -0.493 e. The van der Waals surface area contributed by atoms with E-state index in [-0.39, 0.29) is 0 Å². The predicted octanol–water partition coefficient (Wildman–Crippen LogP) is 3.45. The van der Waals surface area contributed by atoms with Crippen molar-refractivity contribution in [1.82, 2.24) is 10.3 Å². The van der Waals surface area contributed by atoms with E-state index < -0.39 is 0 Å². The van der Waals surface area contributed by atoms with Crippen LogP contribution in [0.4, 0.5) is 0 Å². The van der Waals surface area contributed by atoms with E-state index in [0.717, 1.165) is 31.0 Å². The summed E-state index contributed by atoms with van der Waals surface area (Å²) in [6.45, 7) is 7.04. The van der Waals surface area contributed by atoms with Crippen molar-refractivity contribution in [3.05, 3.63) is 59.9 Å². The third kappa shape index (κ3) is 5.96. The van der Waals surface area contributed by atoms with E-state index in [0.29, 0.717) is 12.5 Å². The van der Waals surface area contributed by atoms with Gasteiger partial charge >= 0.3 is 0 Å². The fraction of sp³-hybridized carbons (Fsp3) is 0.389. The molecule has 0 fully saturated rings. The van der Waals surface area contributed by atoms with E-state index in [1.807, 2.05) is 36.5 Å². The summed E-state index contributed by atoms with van der Waals surface area (Å²) >= 11 is 0. The second kappa shape index (κ2) is 8.42. The van der Waals surface area contributed by atoms with Crippen molar-refractivity contribution < 1.29 is 4.74 Å². The standard InChI is InChI=1S/C18H24N2O/c1-15(2)13-19-14-16-6-8-18(9-7-16)21-12-10-17-5-3-4-11-20-17/h3-9,11,15,19H,10,12-14H2,1-2H3. The van der Waals surface area contributed by atoms with Crippen LogP contribution in [0.15, 0.2) is 48.7 Å². The first kappa shape index (κ1) is 15.5. The van der Waals surface area contributed by atoms with E-state index in [9.17, 15) is 0 Å². The zero-order valence-electron chi connectivity index (χ0n) is 12.9. The topological polar surface area (TPSA) is 34.1 Å². The van der Waals surface area contributed by atoms with Crippen LogP contribution in [-0.2, 0) is 13.0 Å². The smallest absolute Gasteiger partial charge is 0.119 e. The summed E-state index contributed by atoms with van der Waals surface area (Å²) in [5, 5.41) is 3.44.